The average Bonchev–Trinajstić information content (AvgIpc) is 3.01. The highest BCUT2D eigenvalue weighted by Crippen LogP contribution is 2.23. The van der Waals surface area contributed by atoms with Gasteiger partial charge < -0.3 is 10.1 Å². The number of halogens is 1. The number of carbonyl (C=O) groups excluding carboxylic acids is 2. The normalized spacial score (nSPS) is 12.5. The van der Waals surface area contributed by atoms with Crippen molar-refractivity contribution < 1.29 is 18.7 Å². The molecule has 1 aromatic heterocycles. The van der Waals surface area contributed by atoms with E-state index in [-0.39, 0.29) is 31.3 Å². The van der Waals surface area contributed by atoms with Gasteiger partial charge in [-0.1, -0.05) is 12.1 Å². The average molecular weight is 411 g/mol. The quantitative estimate of drug-likeness (QED) is 0.392. The maximum Gasteiger partial charge on any atom is 0.313 e. The summed E-state index contributed by atoms with van der Waals surface area (Å²) < 4.78 is 18.4. The fourth-order valence-electron chi connectivity index (χ4n) is 2.25. The number of benzene rings is 1. The largest absolute Gasteiger partial charge is 0.452 e. The lowest BCUT2D eigenvalue weighted by molar-refractivity contribution is -0.143. The maximum absolute atomic E-state index is 13.4. The topological polar surface area (TPSA) is 68.3 Å². The van der Waals surface area contributed by atoms with E-state index >= 15 is 0 Å². The first-order chi connectivity index (χ1) is 12.6. The van der Waals surface area contributed by atoms with E-state index in [4.69, 9.17) is 4.74 Å². The van der Waals surface area contributed by atoms with Gasteiger partial charge >= 0.3 is 5.97 Å². The zero-order valence-electron chi connectivity index (χ0n) is 15.5. The predicted octanol–water partition coefficient (Wildman–Crippen LogP) is 4.04. The van der Waals surface area contributed by atoms with Crippen LogP contribution in [0.3, 0.4) is 0 Å². The molecule has 146 valence electrons. The van der Waals surface area contributed by atoms with Gasteiger partial charge in [-0.25, -0.2) is 9.37 Å². The van der Waals surface area contributed by atoms with Gasteiger partial charge in [0.15, 0.2) is 0 Å². The van der Waals surface area contributed by atoms with Crippen LogP contribution in [0.1, 0.15) is 42.6 Å². The van der Waals surface area contributed by atoms with Crippen LogP contribution in [0.5, 0.6) is 0 Å². The number of hydrogen-bond acceptors (Lipinski definition) is 6. The molecule has 2 rings (SSSR count). The van der Waals surface area contributed by atoms with Crippen molar-refractivity contribution in [3.05, 3.63) is 40.2 Å². The predicted molar refractivity (Wildman–Crippen MR) is 108 cm³/mol. The molecule has 0 saturated heterocycles. The molecular formula is C19H23FN2O3S2. The molecule has 8 heteroatoms. The minimum atomic E-state index is -1.31. The number of hydrogen-bond donors (Lipinski definition) is 2. The Kier molecular flexibility index (Phi) is 7.38. The molecule has 1 aromatic carbocycles. The van der Waals surface area contributed by atoms with Crippen LogP contribution in [0.15, 0.2) is 29.6 Å². The van der Waals surface area contributed by atoms with E-state index in [1.807, 2.05) is 5.38 Å². The van der Waals surface area contributed by atoms with Crippen molar-refractivity contribution in [1.29, 1.82) is 0 Å². The SMILES string of the molecule is CC(S)OC(=O)Cc1nc(-c2ccc(C(=O)NCCC(C)(C)F)cc2)cs1. The summed E-state index contributed by atoms with van der Waals surface area (Å²) in [6, 6.07) is 6.98. The molecule has 1 amide bonds. The number of nitrogens with zero attached hydrogens (tertiary/aromatic N) is 1. The molecule has 27 heavy (non-hydrogen) atoms. The molecule has 1 heterocycles. The molecule has 5 nitrogen and oxygen atoms in total. The minimum Gasteiger partial charge on any atom is -0.452 e. The Balaban J connectivity index is 1.95. The number of nitrogens with one attached hydrogen (secondary N) is 1. The number of thiazole rings is 1. The van der Waals surface area contributed by atoms with Crippen LogP contribution >= 0.6 is 24.0 Å². The second-order valence-corrected chi connectivity index (χ2v) is 8.36. The third kappa shape index (κ3) is 7.30. The molecule has 0 spiro atoms. The highest BCUT2D eigenvalue weighted by molar-refractivity contribution is 7.80. The smallest absolute Gasteiger partial charge is 0.313 e. The fraction of sp³-hybridized carbons (Fsp3) is 0.421. The molecule has 0 aliphatic carbocycles. The first kappa shape index (κ1) is 21.4. The summed E-state index contributed by atoms with van der Waals surface area (Å²) in [5.41, 5.74) is 0.308. The highest BCUT2D eigenvalue weighted by atomic mass is 32.1. The Morgan fingerprint density at radius 3 is 2.59 bits per heavy atom. The van der Waals surface area contributed by atoms with Crippen molar-refractivity contribution >= 4 is 35.8 Å². The third-order valence-electron chi connectivity index (χ3n) is 3.60. The van der Waals surface area contributed by atoms with E-state index in [9.17, 15) is 14.0 Å². The number of alkyl halides is 1. The molecule has 0 fully saturated rings. The number of ether oxygens (including phenoxy) is 1. The summed E-state index contributed by atoms with van der Waals surface area (Å²) in [6.07, 6.45) is 0.355. The van der Waals surface area contributed by atoms with Gasteiger partial charge in [0, 0.05) is 23.1 Å². The van der Waals surface area contributed by atoms with Crippen molar-refractivity contribution in [1.82, 2.24) is 10.3 Å². The van der Waals surface area contributed by atoms with Gasteiger partial charge in [-0.05, 0) is 39.3 Å². The van der Waals surface area contributed by atoms with Crippen LogP contribution < -0.4 is 5.32 Å². The van der Waals surface area contributed by atoms with Crippen molar-refractivity contribution in [2.45, 2.75) is 44.7 Å². The molecule has 0 aliphatic rings. The molecule has 0 aliphatic heterocycles. The van der Waals surface area contributed by atoms with Gasteiger partial charge in [0.2, 0.25) is 0 Å². The van der Waals surface area contributed by atoms with E-state index in [2.05, 4.69) is 22.9 Å². The zero-order chi connectivity index (χ0) is 20.0. The van der Waals surface area contributed by atoms with Crippen LogP contribution in [0, 0.1) is 0 Å². The molecule has 0 saturated carbocycles. The van der Waals surface area contributed by atoms with Gasteiger partial charge in [-0.3, -0.25) is 9.59 Å². The van der Waals surface area contributed by atoms with E-state index in [1.165, 1.54) is 25.2 Å². The summed E-state index contributed by atoms with van der Waals surface area (Å²) in [4.78, 5) is 28.2. The highest BCUT2D eigenvalue weighted by Gasteiger charge is 2.16. The van der Waals surface area contributed by atoms with Crippen molar-refractivity contribution in [2.75, 3.05) is 6.54 Å². The second-order valence-electron chi connectivity index (χ2n) is 6.69. The number of thiol groups is 1. The number of carbonyl (C=O) groups is 2. The molecule has 1 unspecified atom stereocenters. The van der Waals surface area contributed by atoms with Gasteiger partial charge in [-0.2, -0.15) is 0 Å². The van der Waals surface area contributed by atoms with E-state index in [0.29, 0.717) is 10.6 Å². The third-order valence-corrected chi connectivity index (χ3v) is 4.55. The van der Waals surface area contributed by atoms with Gasteiger partial charge in [0.05, 0.1) is 12.1 Å². The molecule has 0 radical (unpaired) electrons. The molecular weight excluding hydrogens is 387 g/mol. The van der Waals surface area contributed by atoms with E-state index in [0.717, 1.165) is 11.3 Å². The monoisotopic (exact) mass is 410 g/mol. The summed E-state index contributed by atoms with van der Waals surface area (Å²) in [6.45, 7) is 4.91. The molecule has 2 aromatic rings. The number of esters is 1. The van der Waals surface area contributed by atoms with Gasteiger partial charge in [-0.15, -0.1) is 24.0 Å². The standard InChI is InChI=1S/C19H23FN2O3S2/c1-12(26)25-17(23)10-16-22-15(11-27-16)13-4-6-14(7-5-13)18(24)21-9-8-19(2,3)20/h4-7,11-12,26H,8-10H2,1-3H3,(H,21,24). The summed E-state index contributed by atoms with van der Waals surface area (Å²) in [7, 11) is 0. The Bertz CT molecular complexity index is 783. The van der Waals surface area contributed by atoms with E-state index < -0.39 is 11.1 Å². The lowest BCUT2D eigenvalue weighted by Gasteiger charge is -2.14. The molecule has 1 N–H and O–H groups in total. The Morgan fingerprint density at radius 1 is 1.33 bits per heavy atom. The van der Waals surface area contributed by atoms with Crippen LogP contribution in [-0.2, 0) is 16.0 Å². The summed E-state index contributed by atoms with van der Waals surface area (Å²) in [5, 5.41) is 5.21. The van der Waals surface area contributed by atoms with Crippen molar-refractivity contribution in [2.24, 2.45) is 0 Å². The maximum atomic E-state index is 13.4. The second kappa shape index (κ2) is 9.32. The van der Waals surface area contributed by atoms with Crippen LogP contribution in [0.25, 0.3) is 11.3 Å². The number of aromatic nitrogens is 1. The first-order valence-electron chi connectivity index (χ1n) is 8.53. The first-order valence-corrected chi connectivity index (χ1v) is 9.93. The summed E-state index contributed by atoms with van der Waals surface area (Å²) >= 11 is 5.39. The Labute approximate surface area is 167 Å². The van der Waals surface area contributed by atoms with Crippen molar-refractivity contribution in [3.63, 3.8) is 0 Å². The number of rotatable bonds is 8. The number of amides is 1. The fourth-order valence-corrected chi connectivity index (χ4v) is 3.15. The Morgan fingerprint density at radius 2 is 2.00 bits per heavy atom. The molecule has 1 atom stereocenters. The van der Waals surface area contributed by atoms with Crippen molar-refractivity contribution in [3.8, 4) is 11.3 Å². The van der Waals surface area contributed by atoms with Crippen LogP contribution in [-0.4, -0.2) is 34.5 Å². The zero-order valence-corrected chi connectivity index (χ0v) is 17.2. The lowest BCUT2D eigenvalue weighted by Crippen LogP contribution is -2.28. The van der Waals surface area contributed by atoms with Gasteiger partial charge in [0.1, 0.15) is 16.1 Å². The molecule has 0 bridgehead atoms. The lowest BCUT2D eigenvalue weighted by atomic mass is 10.1. The van der Waals surface area contributed by atoms with E-state index in [1.54, 1.807) is 31.2 Å². The Hall–Kier alpha value is -1.93. The summed E-state index contributed by atoms with van der Waals surface area (Å²) in [5.74, 6) is -0.615. The van der Waals surface area contributed by atoms with Crippen LogP contribution in [0.4, 0.5) is 4.39 Å². The minimum absolute atomic E-state index is 0.0982. The van der Waals surface area contributed by atoms with Gasteiger partial charge in [0.25, 0.3) is 5.91 Å². The van der Waals surface area contributed by atoms with Crippen LogP contribution in [0.2, 0.25) is 0 Å².